The summed E-state index contributed by atoms with van der Waals surface area (Å²) in [5.41, 5.74) is 10.6. The third-order valence-corrected chi connectivity index (χ3v) is 7.83. The normalized spacial score (nSPS) is 16.6. The summed E-state index contributed by atoms with van der Waals surface area (Å²) in [5.74, 6) is 0. The number of amides is 2. The van der Waals surface area contributed by atoms with E-state index < -0.39 is 0 Å². The van der Waals surface area contributed by atoms with E-state index in [0.717, 1.165) is 60.4 Å². The van der Waals surface area contributed by atoms with E-state index in [4.69, 9.17) is 40.5 Å². The molecule has 0 aliphatic carbocycles. The van der Waals surface area contributed by atoms with Crippen molar-refractivity contribution >= 4 is 52.2 Å². The van der Waals surface area contributed by atoms with Gasteiger partial charge >= 0.3 is 6.03 Å². The van der Waals surface area contributed by atoms with Crippen LogP contribution in [0.4, 0.5) is 16.2 Å². The average Bonchev–Trinajstić information content (AvgIpc) is 2.89. The number of nitrogens with zero attached hydrogens (tertiary/aromatic N) is 2. The molecule has 9 heteroatoms. The Hall–Kier alpha value is -2.90. The Labute approximate surface area is 232 Å². The summed E-state index contributed by atoms with van der Waals surface area (Å²) >= 11 is 19.8. The molecule has 3 aromatic carbocycles. The fraction of sp³-hybridized carbons (Fsp3) is 0.250. The summed E-state index contributed by atoms with van der Waals surface area (Å²) < 4.78 is 0. The second kappa shape index (κ2) is 11.2. The minimum Gasteiger partial charge on any atom is -0.403 e. The SMILES string of the molecule is N/C=C\NC1CCN(Cc2cc(-c3ccccc3Cl)c3c(c2)N(c2c(Cl)cccc2Cl)C(=O)NC3)CC1. The number of carbonyl (C=O) groups excluding carboxylic acids is 1. The lowest BCUT2D eigenvalue weighted by molar-refractivity contribution is 0.197. The standard InChI is InChI=1S/C28H28Cl3N5O/c29-23-5-2-1-4-20(23)21-14-18(17-35-12-8-19(9-13-35)33-11-10-32)15-26-22(21)16-34-28(37)36(26)27-24(30)6-3-7-25(27)31/h1-7,10-11,14-15,19,33H,8-9,12-13,16-17,32H2,(H,34,37)/b11-10-. The van der Waals surface area contributed by atoms with Gasteiger partial charge < -0.3 is 16.4 Å². The molecule has 0 unspecified atom stereocenters. The lowest BCUT2D eigenvalue weighted by atomic mass is 9.93. The van der Waals surface area contributed by atoms with E-state index >= 15 is 0 Å². The lowest BCUT2D eigenvalue weighted by Crippen LogP contribution is -2.42. The molecule has 192 valence electrons. The second-order valence-corrected chi connectivity index (χ2v) is 10.5. The van der Waals surface area contributed by atoms with Gasteiger partial charge in [0, 0.05) is 60.8 Å². The van der Waals surface area contributed by atoms with Crippen LogP contribution in [0.3, 0.4) is 0 Å². The van der Waals surface area contributed by atoms with Crippen molar-refractivity contribution in [2.75, 3.05) is 18.0 Å². The zero-order valence-electron chi connectivity index (χ0n) is 20.2. The molecule has 1 fully saturated rings. The molecule has 0 spiro atoms. The summed E-state index contributed by atoms with van der Waals surface area (Å²) in [6.45, 7) is 3.03. The van der Waals surface area contributed by atoms with E-state index in [1.54, 1.807) is 29.3 Å². The molecule has 0 atom stereocenters. The molecule has 1 saturated heterocycles. The Bertz CT molecular complexity index is 1320. The van der Waals surface area contributed by atoms with Gasteiger partial charge in [-0.05, 0) is 54.3 Å². The molecular formula is C28H28Cl3N5O. The first kappa shape index (κ1) is 25.7. The molecule has 4 N–H and O–H groups in total. The number of fused-ring (bicyclic) bond motifs is 1. The van der Waals surface area contributed by atoms with Crippen molar-refractivity contribution in [1.82, 2.24) is 15.5 Å². The highest BCUT2D eigenvalue weighted by Gasteiger charge is 2.31. The van der Waals surface area contributed by atoms with Crippen LogP contribution in [0.5, 0.6) is 0 Å². The number of nitrogens with one attached hydrogen (secondary N) is 2. The van der Waals surface area contributed by atoms with Crippen LogP contribution in [-0.4, -0.2) is 30.1 Å². The van der Waals surface area contributed by atoms with E-state index in [2.05, 4.69) is 27.7 Å². The highest BCUT2D eigenvalue weighted by atomic mass is 35.5. The summed E-state index contributed by atoms with van der Waals surface area (Å²) in [6, 6.07) is 17.4. The molecular weight excluding hydrogens is 529 g/mol. The third-order valence-electron chi connectivity index (χ3n) is 6.89. The van der Waals surface area contributed by atoms with Crippen LogP contribution in [0.2, 0.25) is 15.1 Å². The van der Waals surface area contributed by atoms with Crippen LogP contribution in [0.25, 0.3) is 11.1 Å². The van der Waals surface area contributed by atoms with E-state index in [1.165, 1.54) is 6.20 Å². The largest absolute Gasteiger partial charge is 0.403 e. The Morgan fingerprint density at radius 1 is 0.973 bits per heavy atom. The second-order valence-electron chi connectivity index (χ2n) is 9.26. The summed E-state index contributed by atoms with van der Waals surface area (Å²) in [7, 11) is 0. The van der Waals surface area contributed by atoms with Crippen molar-refractivity contribution in [1.29, 1.82) is 0 Å². The number of para-hydroxylation sites is 1. The first-order chi connectivity index (χ1) is 18.0. The zero-order chi connectivity index (χ0) is 25.9. The van der Waals surface area contributed by atoms with Gasteiger partial charge in [-0.2, -0.15) is 0 Å². The van der Waals surface area contributed by atoms with Gasteiger partial charge in [0.1, 0.15) is 0 Å². The van der Waals surface area contributed by atoms with Gasteiger partial charge in [0.25, 0.3) is 0 Å². The van der Waals surface area contributed by atoms with Crippen LogP contribution in [-0.2, 0) is 13.1 Å². The van der Waals surface area contributed by atoms with Gasteiger partial charge in [0.15, 0.2) is 0 Å². The fourth-order valence-corrected chi connectivity index (χ4v) is 5.90. The Morgan fingerprint density at radius 2 is 1.68 bits per heavy atom. The molecule has 2 amide bonds. The van der Waals surface area contributed by atoms with E-state index in [-0.39, 0.29) is 6.03 Å². The fourth-order valence-electron chi connectivity index (χ4n) is 5.10. The zero-order valence-corrected chi connectivity index (χ0v) is 22.5. The van der Waals surface area contributed by atoms with Crippen LogP contribution in [0.15, 0.2) is 67.0 Å². The Kier molecular flexibility index (Phi) is 7.81. The lowest BCUT2D eigenvalue weighted by Gasteiger charge is -2.35. The number of urea groups is 1. The average molecular weight is 557 g/mol. The number of nitrogens with two attached hydrogens (primary N) is 1. The number of hydrogen-bond acceptors (Lipinski definition) is 4. The molecule has 0 aromatic heterocycles. The predicted molar refractivity (Wildman–Crippen MR) is 152 cm³/mol. The quantitative estimate of drug-likeness (QED) is 0.317. The Balaban J connectivity index is 1.57. The molecule has 6 nitrogen and oxygen atoms in total. The molecule has 5 rings (SSSR count). The maximum Gasteiger partial charge on any atom is 0.326 e. The number of halogens is 3. The third kappa shape index (κ3) is 5.39. The van der Waals surface area contributed by atoms with Crippen LogP contribution in [0.1, 0.15) is 24.0 Å². The van der Waals surface area contributed by atoms with Gasteiger partial charge in [-0.1, -0.05) is 59.1 Å². The molecule has 37 heavy (non-hydrogen) atoms. The van der Waals surface area contributed by atoms with Crippen molar-refractivity contribution < 1.29 is 4.79 Å². The van der Waals surface area contributed by atoms with Gasteiger partial charge in [-0.15, -0.1) is 0 Å². The van der Waals surface area contributed by atoms with Crippen LogP contribution >= 0.6 is 34.8 Å². The van der Waals surface area contributed by atoms with Gasteiger partial charge in [0.05, 0.1) is 21.4 Å². The van der Waals surface area contributed by atoms with Gasteiger partial charge in [0.2, 0.25) is 0 Å². The molecule has 0 bridgehead atoms. The van der Waals surface area contributed by atoms with E-state index in [9.17, 15) is 4.79 Å². The molecule has 2 aliphatic rings. The van der Waals surface area contributed by atoms with E-state index in [1.807, 2.05) is 24.3 Å². The van der Waals surface area contributed by atoms with E-state index in [0.29, 0.717) is 33.3 Å². The number of rotatable bonds is 6. The van der Waals surface area contributed by atoms with Crippen molar-refractivity contribution in [3.8, 4) is 11.1 Å². The van der Waals surface area contributed by atoms with Crippen molar-refractivity contribution in [3.63, 3.8) is 0 Å². The van der Waals surface area contributed by atoms with Gasteiger partial charge in [-0.3, -0.25) is 9.80 Å². The predicted octanol–water partition coefficient (Wildman–Crippen LogP) is 6.66. The number of hydrogen-bond donors (Lipinski definition) is 3. The number of likely N-dealkylation sites (tertiary alicyclic amines) is 1. The van der Waals surface area contributed by atoms with Crippen molar-refractivity contribution in [2.24, 2.45) is 5.73 Å². The minimum atomic E-state index is -0.274. The highest BCUT2D eigenvalue weighted by Crippen LogP contribution is 2.44. The number of carbonyl (C=O) groups is 1. The summed E-state index contributed by atoms with van der Waals surface area (Å²) in [4.78, 5) is 17.3. The minimum absolute atomic E-state index is 0.274. The highest BCUT2D eigenvalue weighted by molar-refractivity contribution is 6.40. The molecule has 2 aliphatic heterocycles. The molecule has 0 saturated carbocycles. The monoisotopic (exact) mass is 555 g/mol. The van der Waals surface area contributed by atoms with Crippen LogP contribution in [0, 0.1) is 0 Å². The first-order valence-electron chi connectivity index (χ1n) is 12.2. The summed E-state index contributed by atoms with van der Waals surface area (Å²) in [6.07, 6.45) is 5.38. The maximum absolute atomic E-state index is 13.2. The number of anilines is 2. The number of piperidine rings is 1. The molecule has 0 radical (unpaired) electrons. The smallest absolute Gasteiger partial charge is 0.326 e. The maximum atomic E-state index is 13.2. The van der Waals surface area contributed by atoms with Gasteiger partial charge in [-0.25, -0.2) is 4.79 Å². The van der Waals surface area contributed by atoms with Crippen molar-refractivity contribution in [3.05, 3.63) is 93.2 Å². The molecule has 3 aromatic rings. The number of benzene rings is 3. The van der Waals surface area contributed by atoms with Crippen molar-refractivity contribution in [2.45, 2.75) is 32.0 Å². The Morgan fingerprint density at radius 3 is 2.38 bits per heavy atom. The van der Waals surface area contributed by atoms with Crippen LogP contribution < -0.4 is 21.3 Å². The molecule has 2 heterocycles. The topological polar surface area (TPSA) is 73.6 Å². The summed E-state index contributed by atoms with van der Waals surface area (Å²) in [5, 5.41) is 7.80. The first-order valence-corrected chi connectivity index (χ1v) is 13.4.